The fourth-order valence-corrected chi connectivity index (χ4v) is 2.04. The molecule has 0 unspecified atom stereocenters. The minimum absolute atomic E-state index is 0.0949. The van der Waals surface area contributed by atoms with E-state index in [9.17, 15) is 4.79 Å². The number of aliphatic carboxylic acids is 1. The molecule has 0 heterocycles. The van der Waals surface area contributed by atoms with Crippen LogP contribution >= 0.6 is 0 Å². The summed E-state index contributed by atoms with van der Waals surface area (Å²) in [6.07, 6.45) is 10.2. The molecule has 0 aromatic carbocycles. The van der Waals surface area contributed by atoms with E-state index in [2.05, 4.69) is 13.8 Å². The standard InChI is InChI=1S/C14H29NO2/c1-3-4-5-6-7-8-9-10-12(2)13(15)11-14(16)17/h12-13H,3-11,15H2,1-2H3,(H,16,17)/t12-,13-/m0/s1. The Morgan fingerprint density at radius 1 is 1.12 bits per heavy atom. The highest BCUT2D eigenvalue weighted by atomic mass is 16.4. The van der Waals surface area contributed by atoms with Crippen LogP contribution in [0.3, 0.4) is 0 Å². The highest BCUT2D eigenvalue weighted by molar-refractivity contribution is 5.67. The Morgan fingerprint density at radius 2 is 1.65 bits per heavy atom. The van der Waals surface area contributed by atoms with Crippen molar-refractivity contribution in [1.29, 1.82) is 0 Å². The monoisotopic (exact) mass is 243 g/mol. The van der Waals surface area contributed by atoms with Crippen LogP contribution in [0.4, 0.5) is 0 Å². The van der Waals surface area contributed by atoms with E-state index in [1.165, 1.54) is 44.9 Å². The molecule has 3 heteroatoms. The summed E-state index contributed by atoms with van der Waals surface area (Å²) in [4.78, 5) is 10.5. The first-order valence-electron chi connectivity index (χ1n) is 7.05. The predicted molar refractivity (Wildman–Crippen MR) is 72.0 cm³/mol. The lowest BCUT2D eigenvalue weighted by molar-refractivity contribution is -0.137. The SMILES string of the molecule is CCCCCCCCC[C@H](C)[C@@H](N)CC(=O)O. The summed E-state index contributed by atoms with van der Waals surface area (Å²) in [5.74, 6) is -0.467. The van der Waals surface area contributed by atoms with Crippen molar-refractivity contribution in [2.24, 2.45) is 11.7 Å². The molecule has 0 aromatic rings. The van der Waals surface area contributed by atoms with Crippen LogP contribution in [0.1, 0.15) is 71.6 Å². The van der Waals surface area contributed by atoms with Crippen molar-refractivity contribution in [3.63, 3.8) is 0 Å². The molecule has 3 nitrogen and oxygen atoms in total. The molecule has 0 aliphatic carbocycles. The van der Waals surface area contributed by atoms with Crippen molar-refractivity contribution < 1.29 is 9.90 Å². The molecular weight excluding hydrogens is 214 g/mol. The summed E-state index contributed by atoms with van der Waals surface area (Å²) in [7, 11) is 0. The number of hydrogen-bond acceptors (Lipinski definition) is 2. The van der Waals surface area contributed by atoms with Gasteiger partial charge in [-0.2, -0.15) is 0 Å². The number of carboxylic acids is 1. The number of unbranched alkanes of at least 4 members (excludes halogenated alkanes) is 6. The Labute approximate surface area is 106 Å². The number of carbonyl (C=O) groups is 1. The molecule has 0 aliphatic heterocycles. The van der Waals surface area contributed by atoms with E-state index in [0.717, 1.165) is 6.42 Å². The van der Waals surface area contributed by atoms with Gasteiger partial charge in [-0.3, -0.25) is 4.79 Å². The highest BCUT2D eigenvalue weighted by Crippen LogP contribution is 2.15. The van der Waals surface area contributed by atoms with Gasteiger partial charge in [0.2, 0.25) is 0 Å². The van der Waals surface area contributed by atoms with E-state index in [0.29, 0.717) is 5.92 Å². The number of nitrogens with two attached hydrogens (primary N) is 1. The molecule has 0 amide bonds. The van der Waals surface area contributed by atoms with Crippen LogP contribution in [-0.4, -0.2) is 17.1 Å². The van der Waals surface area contributed by atoms with Crippen molar-refractivity contribution in [3.05, 3.63) is 0 Å². The smallest absolute Gasteiger partial charge is 0.304 e. The van der Waals surface area contributed by atoms with Crippen LogP contribution in [0, 0.1) is 5.92 Å². The third-order valence-corrected chi connectivity index (χ3v) is 3.40. The molecule has 2 atom stereocenters. The van der Waals surface area contributed by atoms with E-state index in [4.69, 9.17) is 10.8 Å². The van der Waals surface area contributed by atoms with E-state index in [-0.39, 0.29) is 12.5 Å². The van der Waals surface area contributed by atoms with Gasteiger partial charge in [0.1, 0.15) is 0 Å². The minimum atomic E-state index is -0.788. The summed E-state index contributed by atoms with van der Waals surface area (Å²) in [5.41, 5.74) is 5.82. The molecule has 0 spiro atoms. The quantitative estimate of drug-likeness (QED) is 0.545. The molecule has 0 saturated carbocycles. The Morgan fingerprint density at radius 3 is 2.18 bits per heavy atom. The van der Waals surface area contributed by atoms with E-state index in [1.807, 2.05) is 0 Å². The first-order chi connectivity index (χ1) is 8.07. The Bertz CT molecular complexity index is 195. The maximum absolute atomic E-state index is 10.5. The van der Waals surface area contributed by atoms with Crippen LogP contribution in [0.25, 0.3) is 0 Å². The summed E-state index contributed by atoms with van der Waals surface area (Å²) in [6, 6.07) is -0.187. The first-order valence-corrected chi connectivity index (χ1v) is 7.05. The zero-order valence-electron chi connectivity index (χ0n) is 11.5. The van der Waals surface area contributed by atoms with Gasteiger partial charge in [0.05, 0.1) is 6.42 Å². The molecule has 0 saturated heterocycles. The summed E-state index contributed by atoms with van der Waals surface area (Å²) in [6.45, 7) is 4.29. The summed E-state index contributed by atoms with van der Waals surface area (Å²) >= 11 is 0. The van der Waals surface area contributed by atoms with Crippen LogP contribution in [-0.2, 0) is 4.79 Å². The number of carboxylic acid groups (broad SMARTS) is 1. The van der Waals surface area contributed by atoms with Crippen molar-refractivity contribution in [2.75, 3.05) is 0 Å². The predicted octanol–water partition coefficient (Wildman–Crippen LogP) is 3.57. The molecule has 0 bridgehead atoms. The molecular formula is C14H29NO2. The zero-order chi connectivity index (χ0) is 13.1. The van der Waals surface area contributed by atoms with Gasteiger partial charge in [-0.05, 0) is 12.3 Å². The van der Waals surface area contributed by atoms with Gasteiger partial charge in [0.25, 0.3) is 0 Å². The van der Waals surface area contributed by atoms with Crippen molar-refractivity contribution in [1.82, 2.24) is 0 Å². The first kappa shape index (κ1) is 16.4. The largest absolute Gasteiger partial charge is 0.481 e. The zero-order valence-corrected chi connectivity index (χ0v) is 11.5. The van der Waals surface area contributed by atoms with Crippen molar-refractivity contribution in [2.45, 2.75) is 77.7 Å². The molecule has 0 radical (unpaired) electrons. The fraction of sp³-hybridized carbons (Fsp3) is 0.929. The van der Waals surface area contributed by atoms with Crippen molar-refractivity contribution >= 4 is 5.97 Å². The summed E-state index contributed by atoms with van der Waals surface area (Å²) < 4.78 is 0. The van der Waals surface area contributed by atoms with Gasteiger partial charge in [-0.1, -0.05) is 58.8 Å². The average Bonchev–Trinajstić information content (AvgIpc) is 2.26. The van der Waals surface area contributed by atoms with Crippen LogP contribution in [0.15, 0.2) is 0 Å². The third kappa shape index (κ3) is 10.3. The van der Waals surface area contributed by atoms with E-state index >= 15 is 0 Å². The minimum Gasteiger partial charge on any atom is -0.481 e. The second kappa shape index (κ2) is 10.6. The number of hydrogen-bond donors (Lipinski definition) is 2. The van der Waals surface area contributed by atoms with Gasteiger partial charge >= 0.3 is 5.97 Å². The normalized spacial score (nSPS) is 14.5. The van der Waals surface area contributed by atoms with Crippen LogP contribution in [0.5, 0.6) is 0 Å². The second-order valence-electron chi connectivity index (χ2n) is 5.15. The van der Waals surface area contributed by atoms with Gasteiger partial charge in [0, 0.05) is 6.04 Å². The lowest BCUT2D eigenvalue weighted by Crippen LogP contribution is -2.30. The third-order valence-electron chi connectivity index (χ3n) is 3.40. The van der Waals surface area contributed by atoms with Gasteiger partial charge in [-0.25, -0.2) is 0 Å². The van der Waals surface area contributed by atoms with Gasteiger partial charge < -0.3 is 10.8 Å². The maximum atomic E-state index is 10.5. The van der Waals surface area contributed by atoms with Gasteiger partial charge in [0.15, 0.2) is 0 Å². The average molecular weight is 243 g/mol. The Kier molecular flexibility index (Phi) is 10.2. The van der Waals surface area contributed by atoms with Crippen LogP contribution in [0.2, 0.25) is 0 Å². The molecule has 17 heavy (non-hydrogen) atoms. The molecule has 0 rings (SSSR count). The summed E-state index contributed by atoms with van der Waals surface area (Å²) in [5, 5.41) is 8.64. The lowest BCUT2D eigenvalue weighted by Gasteiger charge is -2.17. The molecule has 3 N–H and O–H groups in total. The van der Waals surface area contributed by atoms with Crippen molar-refractivity contribution in [3.8, 4) is 0 Å². The van der Waals surface area contributed by atoms with E-state index < -0.39 is 5.97 Å². The lowest BCUT2D eigenvalue weighted by atomic mass is 9.93. The highest BCUT2D eigenvalue weighted by Gasteiger charge is 2.15. The fourth-order valence-electron chi connectivity index (χ4n) is 2.04. The number of rotatable bonds is 11. The Hall–Kier alpha value is -0.570. The molecule has 0 aromatic heterocycles. The molecule has 102 valence electrons. The van der Waals surface area contributed by atoms with E-state index in [1.54, 1.807) is 0 Å². The second-order valence-corrected chi connectivity index (χ2v) is 5.15. The topological polar surface area (TPSA) is 63.3 Å². The Balaban J connectivity index is 3.38. The maximum Gasteiger partial charge on any atom is 0.304 e. The molecule has 0 aliphatic rings. The van der Waals surface area contributed by atoms with Gasteiger partial charge in [-0.15, -0.1) is 0 Å². The molecule has 0 fully saturated rings. The van der Waals surface area contributed by atoms with Crippen LogP contribution < -0.4 is 5.73 Å².